The van der Waals surface area contributed by atoms with Gasteiger partial charge in [-0.25, -0.2) is 0 Å². The molecule has 0 radical (unpaired) electrons. The summed E-state index contributed by atoms with van der Waals surface area (Å²) in [5.74, 6) is -0.988. The van der Waals surface area contributed by atoms with E-state index in [0.717, 1.165) is 16.7 Å². The summed E-state index contributed by atoms with van der Waals surface area (Å²) in [6.45, 7) is 1.88. The molecule has 0 spiro atoms. The molecule has 27 heavy (non-hydrogen) atoms. The molecule has 3 aromatic rings. The second-order valence-corrected chi connectivity index (χ2v) is 8.06. The van der Waals surface area contributed by atoms with E-state index >= 15 is 0 Å². The van der Waals surface area contributed by atoms with Crippen LogP contribution < -0.4 is 5.73 Å². The van der Waals surface area contributed by atoms with E-state index in [9.17, 15) is 9.90 Å². The number of nitrogens with two attached hydrogens (primary N) is 1. The van der Waals surface area contributed by atoms with Gasteiger partial charge in [-0.15, -0.1) is 11.8 Å². The maximum absolute atomic E-state index is 11.5. The first kappa shape index (κ1) is 19.2. The highest BCUT2D eigenvalue weighted by atomic mass is 32.2. The Bertz CT molecular complexity index is 772. The minimum Gasteiger partial charge on any atom is -0.480 e. The first-order valence-corrected chi connectivity index (χ1v) is 9.76. The fourth-order valence-electron chi connectivity index (χ4n) is 3.28. The number of hydrogen-bond donors (Lipinski definition) is 2. The summed E-state index contributed by atoms with van der Waals surface area (Å²) in [6.07, 6.45) is 0. The number of rotatable bonds is 7. The van der Waals surface area contributed by atoms with Gasteiger partial charge in [0.2, 0.25) is 0 Å². The summed E-state index contributed by atoms with van der Waals surface area (Å²) >= 11 is 1.58. The van der Waals surface area contributed by atoms with E-state index in [-0.39, 0.29) is 5.25 Å². The highest BCUT2D eigenvalue weighted by molar-refractivity contribution is 8.01. The standard InChI is InChI=1S/C23H23NO2S/c1-17(21(24)22(25)26)27-23(18-11-5-2-6-12-18,19-13-7-3-8-14-19)20-15-9-4-10-16-20/h2-17,21H,24H2,1H3,(H,25,26)/t17-,21-/m0/s1. The molecule has 0 saturated carbocycles. The predicted molar refractivity (Wildman–Crippen MR) is 112 cm³/mol. The molecule has 0 aliphatic rings. The second-order valence-electron chi connectivity index (χ2n) is 6.47. The van der Waals surface area contributed by atoms with Crippen molar-refractivity contribution < 1.29 is 9.90 Å². The zero-order valence-corrected chi connectivity index (χ0v) is 16.0. The average molecular weight is 378 g/mol. The molecule has 0 fully saturated rings. The molecule has 0 amide bonds. The molecule has 3 aromatic carbocycles. The van der Waals surface area contributed by atoms with Gasteiger partial charge in [0.15, 0.2) is 0 Å². The summed E-state index contributed by atoms with van der Waals surface area (Å²) in [6, 6.07) is 29.6. The maximum atomic E-state index is 11.5. The van der Waals surface area contributed by atoms with Crippen molar-refractivity contribution in [3.8, 4) is 0 Å². The Kier molecular flexibility index (Phi) is 5.99. The molecule has 3 rings (SSSR count). The van der Waals surface area contributed by atoms with Crippen molar-refractivity contribution in [3.63, 3.8) is 0 Å². The Morgan fingerprint density at radius 1 is 0.815 bits per heavy atom. The van der Waals surface area contributed by atoms with Gasteiger partial charge in [0, 0.05) is 5.25 Å². The molecule has 138 valence electrons. The lowest BCUT2D eigenvalue weighted by Crippen LogP contribution is -2.41. The zero-order valence-electron chi connectivity index (χ0n) is 15.2. The minimum atomic E-state index is -0.988. The van der Waals surface area contributed by atoms with Crippen LogP contribution in [0, 0.1) is 0 Å². The third kappa shape index (κ3) is 3.92. The lowest BCUT2D eigenvalue weighted by atomic mass is 9.84. The summed E-state index contributed by atoms with van der Waals surface area (Å²) < 4.78 is -0.559. The Morgan fingerprint density at radius 3 is 1.44 bits per heavy atom. The molecule has 0 unspecified atom stereocenters. The zero-order chi connectivity index (χ0) is 19.3. The number of thioether (sulfide) groups is 1. The molecule has 4 heteroatoms. The van der Waals surface area contributed by atoms with E-state index in [1.807, 2.05) is 61.5 Å². The van der Waals surface area contributed by atoms with Gasteiger partial charge < -0.3 is 10.8 Å². The van der Waals surface area contributed by atoms with Crippen molar-refractivity contribution >= 4 is 17.7 Å². The van der Waals surface area contributed by atoms with Crippen LogP contribution in [0.4, 0.5) is 0 Å². The van der Waals surface area contributed by atoms with Crippen molar-refractivity contribution in [1.82, 2.24) is 0 Å². The average Bonchev–Trinajstić information content (AvgIpc) is 2.73. The van der Waals surface area contributed by atoms with Gasteiger partial charge in [0.25, 0.3) is 0 Å². The fraction of sp³-hybridized carbons (Fsp3) is 0.174. The third-order valence-electron chi connectivity index (χ3n) is 4.69. The lowest BCUT2D eigenvalue weighted by molar-refractivity contribution is -0.138. The van der Waals surface area contributed by atoms with E-state index < -0.39 is 16.8 Å². The van der Waals surface area contributed by atoms with Gasteiger partial charge in [0.1, 0.15) is 6.04 Å². The van der Waals surface area contributed by atoms with E-state index in [1.165, 1.54) is 0 Å². The van der Waals surface area contributed by atoms with E-state index in [4.69, 9.17) is 5.73 Å². The molecule has 0 aliphatic heterocycles. The number of carbonyl (C=O) groups is 1. The van der Waals surface area contributed by atoms with Crippen molar-refractivity contribution in [2.24, 2.45) is 5.73 Å². The van der Waals surface area contributed by atoms with Gasteiger partial charge in [0.05, 0.1) is 4.75 Å². The highest BCUT2D eigenvalue weighted by Crippen LogP contribution is 2.50. The molecule has 0 bridgehead atoms. The molecule has 3 nitrogen and oxygen atoms in total. The molecular weight excluding hydrogens is 354 g/mol. The Labute approximate surface area is 164 Å². The number of benzene rings is 3. The van der Waals surface area contributed by atoms with Crippen LogP contribution in [0.25, 0.3) is 0 Å². The molecule has 0 saturated heterocycles. The monoisotopic (exact) mass is 377 g/mol. The van der Waals surface area contributed by atoms with Gasteiger partial charge in [-0.3, -0.25) is 4.79 Å². The van der Waals surface area contributed by atoms with Crippen LogP contribution >= 0.6 is 11.8 Å². The Balaban J connectivity index is 2.24. The third-order valence-corrected chi connectivity index (χ3v) is 6.42. The predicted octanol–water partition coefficient (Wildman–Crippen LogP) is 4.51. The SMILES string of the molecule is C[C@H](SC(c1ccccc1)(c1ccccc1)c1ccccc1)[C@H](N)C(=O)O. The van der Waals surface area contributed by atoms with Crippen molar-refractivity contribution in [2.75, 3.05) is 0 Å². The van der Waals surface area contributed by atoms with Crippen LogP contribution in [0.5, 0.6) is 0 Å². The van der Waals surface area contributed by atoms with Crippen molar-refractivity contribution in [3.05, 3.63) is 108 Å². The summed E-state index contributed by atoms with van der Waals surface area (Å²) in [5, 5.41) is 9.12. The minimum absolute atomic E-state index is 0.303. The van der Waals surface area contributed by atoms with Gasteiger partial charge in [-0.05, 0) is 16.7 Å². The van der Waals surface area contributed by atoms with Crippen LogP contribution in [0.3, 0.4) is 0 Å². The normalized spacial score (nSPS) is 13.7. The van der Waals surface area contributed by atoms with Crippen molar-refractivity contribution in [2.45, 2.75) is 23.0 Å². The number of hydrogen-bond acceptors (Lipinski definition) is 3. The molecule has 0 heterocycles. The van der Waals surface area contributed by atoms with Crippen LogP contribution in [0.1, 0.15) is 23.6 Å². The van der Waals surface area contributed by atoms with Crippen LogP contribution in [-0.2, 0) is 9.54 Å². The number of carboxylic acid groups (broad SMARTS) is 1. The Morgan fingerprint density at radius 2 is 1.15 bits per heavy atom. The van der Waals surface area contributed by atoms with Gasteiger partial charge in [-0.2, -0.15) is 0 Å². The molecule has 0 aliphatic carbocycles. The number of carboxylic acids is 1. The largest absolute Gasteiger partial charge is 0.480 e. The molecule has 3 N–H and O–H groups in total. The summed E-state index contributed by atoms with van der Waals surface area (Å²) in [4.78, 5) is 11.5. The van der Waals surface area contributed by atoms with E-state index in [2.05, 4.69) is 36.4 Å². The van der Waals surface area contributed by atoms with Gasteiger partial charge in [-0.1, -0.05) is 97.9 Å². The second kappa shape index (κ2) is 8.42. The maximum Gasteiger partial charge on any atom is 0.321 e. The summed E-state index contributed by atoms with van der Waals surface area (Å²) in [7, 11) is 0. The van der Waals surface area contributed by atoms with Crippen LogP contribution in [0.15, 0.2) is 91.0 Å². The molecule has 2 atom stereocenters. The molecule has 0 aromatic heterocycles. The lowest BCUT2D eigenvalue weighted by Gasteiger charge is -2.38. The topological polar surface area (TPSA) is 63.3 Å². The van der Waals surface area contributed by atoms with E-state index in [1.54, 1.807) is 11.8 Å². The quantitative estimate of drug-likeness (QED) is 0.595. The Hall–Kier alpha value is -2.56. The van der Waals surface area contributed by atoms with Crippen LogP contribution in [-0.4, -0.2) is 22.4 Å². The highest BCUT2D eigenvalue weighted by Gasteiger charge is 2.40. The molecular formula is C23H23NO2S. The summed E-state index contributed by atoms with van der Waals surface area (Å²) in [5.41, 5.74) is 9.26. The van der Waals surface area contributed by atoms with E-state index in [0.29, 0.717) is 0 Å². The van der Waals surface area contributed by atoms with Gasteiger partial charge >= 0.3 is 5.97 Å². The number of aliphatic carboxylic acids is 1. The smallest absolute Gasteiger partial charge is 0.321 e. The van der Waals surface area contributed by atoms with Crippen LogP contribution in [0.2, 0.25) is 0 Å². The van der Waals surface area contributed by atoms with Crippen molar-refractivity contribution in [1.29, 1.82) is 0 Å². The fourth-order valence-corrected chi connectivity index (χ4v) is 4.91. The first-order chi connectivity index (χ1) is 13.1. The first-order valence-electron chi connectivity index (χ1n) is 8.88.